The third-order valence-corrected chi connectivity index (χ3v) is 3.07. The number of hydrogen-bond donors (Lipinski definition) is 1. The summed E-state index contributed by atoms with van der Waals surface area (Å²) in [5, 5.41) is 3.26. The van der Waals surface area contributed by atoms with Crippen molar-refractivity contribution in [2.24, 2.45) is 0 Å². The van der Waals surface area contributed by atoms with Crippen LogP contribution in [0.1, 0.15) is 25.3 Å². The molecule has 4 heteroatoms. The molecule has 2 rings (SSSR count). The van der Waals surface area contributed by atoms with E-state index in [4.69, 9.17) is 4.74 Å². The van der Waals surface area contributed by atoms with Gasteiger partial charge in [0.2, 0.25) is 0 Å². The van der Waals surface area contributed by atoms with Crippen LogP contribution in [0.5, 0.6) is 0 Å². The van der Waals surface area contributed by atoms with Crippen molar-refractivity contribution in [1.82, 2.24) is 5.32 Å². The summed E-state index contributed by atoms with van der Waals surface area (Å²) in [6.45, 7) is 4.06. The van der Waals surface area contributed by atoms with Gasteiger partial charge in [-0.05, 0) is 44.0 Å². The predicted molar refractivity (Wildman–Crippen MR) is 61.7 cm³/mol. The van der Waals surface area contributed by atoms with Gasteiger partial charge in [0.05, 0.1) is 12.2 Å². The summed E-state index contributed by atoms with van der Waals surface area (Å²) in [5.41, 5.74) is 0.301. The smallest absolute Gasteiger partial charge is 0.126 e. The Hall–Kier alpha value is -1.00. The zero-order chi connectivity index (χ0) is 12.3. The molecule has 0 saturated carbocycles. The van der Waals surface area contributed by atoms with E-state index < -0.39 is 11.6 Å². The molecule has 1 aromatic carbocycles. The maximum Gasteiger partial charge on any atom is 0.126 e. The fraction of sp³-hybridized carbons (Fsp3) is 0.538. The summed E-state index contributed by atoms with van der Waals surface area (Å²) >= 11 is 0. The molecule has 2 nitrogen and oxygen atoms in total. The van der Waals surface area contributed by atoms with Crippen molar-refractivity contribution in [3.63, 3.8) is 0 Å². The molecular formula is C13H17F2NO. The molecule has 17 heavy (non-hydrogen) atoms. The summed E-state index contributed by atoms with van der Waals surface area (Å²) in [5.74, 6) is -1.12. The molecular weight excluding hydrogens is 224 g/mol. The van der Waals surface area contributed by atoms with Crippen LogP contribution in [0.2, 0.25) is 0 Å². The van der Waals surface area contributed by atoms with Crippen LogP contribution in [0.25, 0.3) is 0 Å². The van der Waals surface area contributed by atoms with Gasteiger partial charge in [0.15, 0.2) is 0 Å². The van der Waals surface area contributed by atoms with Gasteiger partial charge in [-0.1, -0.05) is 0 Å². The lowest BCUT2D eigenvalue weighted by molar-refractivity contribution is -0.0572. The highest BCUT2D eigenvalue weighted by atomic mass is 19.1. The first-order chi connectivity index (χ1) is 8.07. The second-order valence-corrected chi connectivity index (χ2v) is 4.80. The molecule has 1 unspecified atom stereocenters. The zero-order valence-electron chi connectivity index (χ0n) is 9.93. The number of hydrogen-bond acceptors (Lipinski definition) is 2. The van der Waals surface area contributed by atoms with Crippen LogP contribution in [0.15, 0.2) is 18.2 Å². The van der Waals surface area contributed by atoms with Crippen molar-refractivity contribution in [2.45, 2.75) is 32.0 Å². The largest absolute Gasteiger partial charge is 0.369 e. The highest BCUT2D eigenvalue weighted by molar-refractivity contribution is 5.17. The van der Waals surface area contributed by atoms with Gasteiger partial charge in [-0.3, -0.25) is 0 Å². The molecule has 0 spiro atoms. The average Bonchev–Trinajstić information content (AvgIpc) is 2.26. The van der Waals surface area contributed by atoms with Crippen LogP contribution in [0.4, 0.5) is 8.78 Å². The predicted octanol–water partition coefficient (Wildman–Crippen LogP) is 2.62. The number of nitrogens with one attached hydrogen (secondary N) is 1. The van der Waals surface area contributed by atoms with Gasteiger partial charge in [-0.2, -0.15) is 0 Å². The normalized spacial score (nSPS) is 24.9. The third kappa shape index (κ3) is 3.48. The van der Waals surface area contributed by atoms with E-state index in [9.17, 15) is 8.78 Å². The molecule has 1 heterocycles. The maximum absolute atomic E-state index is 13.0. The van der Waals surface area contributed by atoms with Gasteiger partial charge in [0.1, 0.15) is 11.6 Å². The second-order valence-electron chi connectivity index (χ2n) is 4.80. The third-order valence-electron chi connectivity index (χ3n) is 3.07. The zero-order valence-corrected chi connectivity index (χ0v) is 9.93. The monoisotopic (exact) mass is 241 g/mol. The van der Waals surface area contributed by atoms with Gasteiger partial charge in [0.25, 0.3) is 0 Å². The van der Waals surface area contributed by atoms with Gasteiger partial charge in [-0.25, -0.2) is 8.78 Å². The SMILES string of the molecule is CC1(OCc2cc(F)cc(F)c2)CCCNC1. The summed E-state index contributed by atoms with van der Waals surface area (Å²) < 4.78 is 31.7. The van der Waals surface area contributed by atoms with E-state index in [1.54, 1.807) is 0 Å². The van der Waals surface area contributed by atoms with Gasteiger partial charge in [-0.15, -0.1) is 0 Å². The van der Waals surface area contributed by atoms with E-state index in [0.29, 0.717) is 5.56 Å². The van der Waals surface area contributed by atoms with E-state index in [1.807, 2.05) is 6.92 Å². The van der Waals surface area contributed by atoms with E-state index in [-0.39, 0.29) is 12.2 Å². The van der Waals surface area contributed by atoms with Crippen LogP contribution in [-0.2, 0) is 11.3 Å². The molecule has 1 atom stereocenters. The van der Waals surface area contributed by atoms with E-state index >= 15 is 0 Å². The lowest BCUT2D eigenvalue weighted by Crippen LogP contribution is -2.45. The van der Waals surface area contributed by atoms with Crippen LogP contribution in [0.3, 0.4) is 0 Å². The lowest BCUT2D eigenvalue weighted by atomic mass is 9.96. The number of halogens is 2. The van der Waals surface area contributed by atoms with Crippen LogP contribution in [-0.4, -0.2) is 18.7 Å². The molecule has 1 fully saturated rings. The van der Waals surface area contributed by atoms with Crippen molar-refractivity contribution >= 4 is 0 Å². The van der Waals surface area contributed by atoms with Crippen molar-refractivity contribution < 1.29 is 13.5 Å². The summed E-state index contributed by atoms with van der Waals surface area (Å²) in [7, 11) is 0. The van der Waals surface area contributed by atoms with Gasteiger partial charge < -0.3 is 10.1 Å². The summed E-state index contributed by atoms with van der Waals surface area (Å²) in [6.07, 6.45) is 2.03. The number of piperidine rings is 1. The molecule has 0 bridgehead atoms. The Balaban J connectivity index is 1.96. The Morgan fingerprint density at radius 1 is 1.29 bits per heavy atom. The topological polar surface area (TPSA) is 21.3 Å². The quantitative estimate of drug-likeness (QED) is 0.878. The fourth-order valence-corrected chi connectivity index (χ4v) is 2.10. The van der Waals surface area contributed by atoms with E-state index in [1.165, 1.54) is 12.1 Å². The maximum atomic E-state index is 13.0. The molecule has 0 radical (unpaired) electrons. The van der Waals surface area contributed by atoms with Crippen LogP contribution in [0, 0.1) is 11.6 Å². The number of benzene rings is 1. The Kier molecular flexibility index (Phi) is 3.74. The highest BCUT2D eigenvalue weighted by Crippen LogP contribution is 2.22. The molecule has 94 valence electrons. The molecule has 1 N–H and O–H groups in total. The van der Waals surface area contributed by atoms with Gasteiger partial charge >= 0.3 is 0 Å². The van der Waals surface area contributed by atoms with Crippen molar-refractivity contribution in [3.8, 4) is 0 Å². The highest BCUT2D eigenvalue weighted by Gasteiger charge is 2.27. The molecule has 1 aliphatic rings. The standard InChI is InChI=1S/C13H17F2NO/c1-13(3-2-4-16-9-13)17-8-10-5-11(14)7-12(15)6-10/h5-7,16H,2-4,8-9H2,1H3. The molecule has 1 saturated heterocycles. The first kappa shape index (κ1) is 12.5. The first-order valence-corrected chi connectivity index (χ1v) is 5.87. The summed E-state index contributed by atoms with van der Waals surface area (Å²) in [6, 6.07) is 3.48. The Morgan fingerprint density at radius 2 is 2.00 bits per heavy atom. The number of ether oxygens (including phenoxy) is 1. The Morgan fingerprint density at radius 3 is 2.59 bits per heavy atom. The van der Waals surface area contributed by atoms with Gasteiger partial charge in [0, 0.05) is 12.6 Å². The minimum absolute atomic E-state index is 0.235. The molecule has 1 aromatic rings. The first-order valence-electron chi connectivity index (χ1n) is 5.87. The second kappa shape index (κ2) is 5.10. The van der Waals surface area contributed by atoms with Crippen LogP contribution < -0.4 is 5.32 Å². The lowest BCUT2D eigenvalue weighted by Gasteiger charge is -2.34. The fourth-order valence-electron chi connectivity index (χ4n) is 2.10. The Labute approximate surface area is 100.0 Å². The molecule has 0 aromatic heterocycles. The van der Waals surface area contributed by atoms with Crippen molar-refractivity contribution in [1.29, 1.82) is 0 Å². The molecule has 1 aliphatic heterocycles. The van der Waals surface area contributed by atoms with Crippen molar-refractivity contribution in [2.75, 3.05) is 13.1 Å². The minimum atomic E-state index is -0.560. The molecule has 0 aliphatic carbocycles. The Bertz CT molecular complexity index is 369. The summed E-state index contributed by atoms with van der Waals surface area (Å²) in [4.78, 5) is 0. The average molecular weight is 241 g/mol. The number of rotatable bonds is 3. The van der Waals surface area contributed by atoms with E-state index in [0.717, 1.165) is 32.0 Å². The van der Waals surface area contributed by atoms with Crippen LogP contribution >= 0.6 is 0 Å². The minimum Gasteiger partial charge on any atom is -0.369 e. The van der Waals surface area contributed by atoms with E-state index in [2.05, 4.69) is 5.32 Å². The van der Waals surface area contributed by atoms with Crippen molar-refractivity contribution in [3.05, 3.63) is 35.4 Å². The molecule has 0 amide bonds.